The van der Waals surface area contributed by atoms with Crippen molar-refractivity contribution in [2.24, 2.45) is 11.8 Å². The van der Waals surface area contributed by atoms with Crippen LogP contribution in [0.4, 0.5) is 5.69 Å². The van der Waals surface area contributed by atoms with Gasteiger partial charge in [-0.1, -0.05) is 26.0 Å². The average molecular weight is 310 g/mol. The maximum absolute atomic E-state index is 13.0. The van der Waals surface area contributed by atoms with Gasteiger partial charge in [0, 0.05) is 12.1 Å². The summed E-state index contributed by atoms with van der Waals surface area (Å²) in [6, 6.07) is 6.50. The number of nitrogens with one attached hydrogen (secondary N) is 1. The third-order valence-electron chi connectivity index (χ3n) is 4.28. The molecule has 5 nitrogen and oxygen atoms in total. The molecule has 1 saturated carbocycles. The Kier molecular flexibility index (Phi) is 5.11. The van der Waals surface area contributed by atoms with Gasteiger partial charge in [0.2, 0.25) is 0 Å². The fourth-order valence-electron chi connectivity index (χ4n) is 3.40. The molecule has 0 bridgehead atoms. The van der Waals surface area contributed by atoms with Crippen molar-refractivity contribution >= 4 is 16.5 Å². The Morgan fingerprint density at radius 3 is 2.57 bits per heavy atom. The van der Waals surface area contributed by atoms with E-state index in [1.165, 1.54) is 6.07 Å². The van der Waals surface area contributed by atoms with Crippen LogP contribution in [0.15, 0.2) is 29.2 Å². The van der Waals surface area contributed by atoms with Crippen LogP contribution < -0.4 is 5.32 Å². The number of benzene rings is 1. The van der Waals surface area contributed by atoms with Crippen molar-refractivity contribution in [2.45, 2.75) is 42.9 Å². The normalized spacial score (nSPS) is 30.8. The Balaban J connectivity index is 2.36. The van der Waals surface area contributed by atoms with Crippen LogP contribution in [0.25, 0.3) is 0 Å². The van der Waals surface area contributed by atoms with E-state index in [4.69, 9.17) is 0 Å². The van der Waals surface area contributed by atoms with Crippen molar-refractivity contribution in [1.82, 2.24) is 5.32 Å². The lowest BCUT2D eigenvalue weighted by molar-refractivity contribution is -0.387. The number of rotatable bonds is 4. The molecular formula is C15H22N2O3S. The summed E-state index contributed by atoms with van der Waals surface area (Å²) in [5, 5.41) is 14.3. The molecular weight excluding hydrogens is 288 g/mol. The largest absolute Gasteiger partial charge is 0.316 e. The van der Waals surface area contributed by atoms with Crippen LogP contribution in [0.2, 0.25) is 0 Å². The minimum atomic E-state index is -1.38. The SMILES string of the molecule is CNC1CC(C)CC(C)C1S(=O)c1ccccc1[N+](=O)[O-]. The second kappa shape index (κ2) is 6.66. The molecule has 6 heteroatoms. The smallest absolute Gasteiger partial charge is 0.285 e. The number of para-hydroxylation sites is 1. The Labute approximate surface area is 127 Å². The van der Waals surface area contributed by atoms with Crippen LogP contribution in [0, 0.1) is 22.0 Å². The highest BCUT2D eigenvalue weighted by Gasteiger charge is 2.39. The van der Waals surface area contributed by atoms with Crippen LogP contribution in [-0.4, -0.2) is 27.5 Å². The van der Waals surface area contributed by atoms with Crippen LogP contribution in [0.3, 0.4) is 0 Å². The average Bonchev–Trinajstić information content (AvgIpc) is 2.45. The molecule has 2 rings (SSSR count). The third-order valence-corrected chi connectivity index (χ3v) is 6.35. The third kappa shape index (κ3) is 3.32. The van der Waals surface area contributed by atoms with Crippen molar-refractivity contribution in [3.05, 3.63) is 34.4 Å². The van der Waals surface area contributed by atoms with Gasteiger partial charge in [-0.2, -0.15) is 0 Å². The Morgan fingerprint density at radius 1 is 1.29 bits per heavy atom. The van der Waals surface area contributed by atoms with Crippen molar-refractivity contribution in [3.63, 3.8) is 0 Å². The number of nitrogens with zero attached hydrogens (tertiary/aromatic N) is 1. The van der Waals surface area contributed by atoms with Gasteiger partial charge in [0.15, 0.2) is 0 Å². The number of nitro benzene ring substituents is 1. The summed E-state index contributed by atoms with van der Waals surface area (Å²) >= 11 is 0. The summed E-state index contributed by atoms with van der Waals surface area (Å²) < 4.78 is 13.0. The van der Waals surface area contributed by atoms with Crippen molar-refractivity contribution < 1.29 is 9.13 Å². The van der Waals surface area contributed by atoms with Gasteiger partial charge in [0.05, 0.1) is 21.0 Å². The van der Waals surface area contributed by atoms with Crippen LogP contribution in [-0.2, 0) is 10.8 Å². The molecule has 21 heavy (non-hydrogen) atoms. The molecule has 0 aliphatic heterocycles. The van der Waals surface area contributed by atoms with E-state index in [1.807, 2.05) is 7.05 Å². The molecule has 5 atom stereocenters. The quantitative estimate of drug-likeness (QED) is 0.685. The lowest BCUT2D eigenvalue weighted by Crippen LogP contribution is -2.48. The molecule has 0 amide bonds. The van der Waals surface area contributed by atoms with E-state index in [9.17, 15) is 14.3 Å². The maximum Gasteiger partial charge on any atom is 0.285 e. The molecule has 0 spiro atoms. The minimum absolute atomic E-state index is 0.0449. The fourth-order valence-corrected chi connectivity index (χ4v) is 5.33. The summed E-state index contributed by atoms with van der Waals surface area (Å²) in [7, 11) is 0.493. The van der Waals surface area contributed by atoms with Crippen molar-refractivity contribution in [1.29, 1.82) is 0 Å². The molecule has 1 aliphatic carbocycles. The summed E-state index contributed by atoms with van der Waals surface area (Å²) in [5.74, 6) is 0.850. The van der Waals surface area contributed by atoms with Gasteiger partial charge in [0.25, 0.3) is 5.69 Å². The zero-order valence-electron chi connectivity index (χ0n) is 12.6. The first kappa shape index (κ1) is 16.1. The highest BCUT2D eigenvalue weighted by atomic mass is 32.2. The fraction of sp³-hybridized carbons (Fsp3) is 0.600. The topological polar surface area (TPSA) is 72.2 Å². The van der Waals surface area contributed by atoms with Gasteiger partial charge >= 0.3 is 0 Å². The molecule has 1 aromatic rings. The second-order valence-electron chi connectivity index (χ2n) is 5.94. The van der Waals surface area contributed by atoms with Crippen molar-refractivity contribution in [2.75, 3.05) is 7.05 Å². The molecule has 0 radical (unpaired) electrons. The predicted octanol–water partition coefficient (Wildman–Crippen LogP) is 2.73. The van der Waals surface area contributed by atoms with Gasteiger partial charge in [-0.25, -0.2) is 0 Å². The zero-order valence-corrected chi connectivity index (χ0v) is 13.4. The standard InChI is InChI=1S/C15H22N2O3S/c1-10-8-11(2)15(12(9-10)16-3)21(20)14-7-5-4-6-13(14)17(18)19/h4-7,10-12,15-16H,8-9H2,1-3H3. The Hall–Kier alpha value is -1.27. The summed E-state index contributed by atoms with van der Waals surface area (Å²) in [6.45, 7) is 4.29. The lowest BCUT2D eigenvalue weighted by atomic mass is 9.80. The van der Waals surface area contributed by atoms with Crippen LogP contribution in [0.1, 0.15) is 26.7 Å². The monoisotopic (exact) mass is 310 g/mol. The zero-order chi connectivity index (χ0) is 15.6. The summed E-state index contributed by atoms with van der Waals surface area (Å²) in [5.41, 5.74) is -0.0449. The number of hydrogen-bond acceptors (Lipinski definition) is 4. The van der Waals surface area contributed by atoms with E-state index >= 15 is 0 Å². The molecule has 0 aromatic heterocycles. The summed E-state index contributed by atoms with van der Waals surface area (Å²) in [4.78, 5) is 11.0. The van der Waals surface area contributed by atoms with Gasteiger partial charge in [-0.15, -0.1) is 0 Å². The first-order valence-electron chi connectivity index (χ1n) is 7.27. The molecule has 0 saturated heterocycles. The van der Waals surface area contributed by atoms with Gasteiger partial charge in [-0.3, -0.25) is 14.3 Å². The maximum atomic E-state index is 13.0. The van der Waals surface area contributed by atoms with Gasteiger partial charge in [0.1, 0.15) is 4.90 Å². The Bertz CT molecular complexity index is 549. The van der Waals surface area contributed by atoms with Crippen LogP contribution in [0.5, 0.6) is 0 Å². The molecule has 1 N–H and O–H groups in total. The van der Waals surface area contributed by atoms with E-state index in [1.54, 1.807) is 18.2 Å². The lowest BCUT2D eigenvalue weighted by Gasteiger charge is -2.38. The first-order valence-corrected chi connectivity index (χ1v) is 8.48. The first-order chi connectivity index (χ1) is 9.95. The number of hydrogen-bond donors (Lipinski definition) is 1. The van der Waals surface area contributed by atoms with Crippen molar-refractivity contribution in [3.8, 4) is 0 Å². The molecule has 1 fully saturated rings. The minimum Gasteiger partial charge on any atom is -0.316 e. The van der Waals surface area contributed by atoms with E-state index < -0.39 is 15.7 Å². The van der Waals surface area contributed by atoms with E-state index in [0.717, 1.165) is 12.8 Å². The van der Waals surface area contributed by atoms with E-state index in [2.05, 4.69) is 19.2 Å². The number of nitro groups is 1. The van der Waals surface area contributed by atoms with Gasteiger partial charge < -0.3 is 5.32 Å². The Morgan fingerprint density at radius 2 is 1.95 bits per heavy atom. The summed E-state index contributed by atoms with van der Waals surface area (Å²) in [6.07, 6.45) is 1.97. The second-order valence-corrected chi connectivity index (χ2v) is 7.51. The molecule has 0 heterocycles. The highest BCUT2D eigenvalue weighted by molar-refractivity contribution is 7.86. The molecule has 116 valence electrons. The molecule has 5 unspecified atom stereocenters. The predicted molar refractivity (Wildman–Crippen MR) is 83.7 cm³/mol. The van der Waals surface area contributed by atoms with E-state index in [0.29, 0.717) is 10.8 Å². The van der Waals surface area contributed by atoms with Gasteiger partial charge in [-0.05, 0) is 37.8 Å². The van der Waals surface area contributed by atoms with E-state index in [-0.39, 0.29) is 22.9 Å². The molecule has 1 aromatic carbocycles. The highest BCUT2D eigenvalue weighted by Crippen LogP contribution is 2.36. The molecule has 1 aliphatic rings. The van der Waals surface area contributed by atoms with Crippen LogP contribution >= 0.6 is 0 Å².